The Hall–Kier alpha value is -1.17. The monoisotopic (exact) mass is 349 g/mol. The highest BCUT2D eigenvalue weighted by Crippen LogP contribution is 2.39. The quantitative estimate of drug-likeness (QED) is 0.920. The maximum absolute atomic E-state index is 6.11. The maximum Gasteiger partial charge on any atom is 0.104 e. The predicted molar refractivity (Wildman–Crippen MR) is 86.2 cm³/mol. The lowest BCUT2D eigenvalue weighted by Crippen LogP contribution is -2.31. The molecule has 0 amide bonds. The van der Waals surface area contributed by atoms with Crippen molar-refractivity contribution in [1.82, 2.24) is 15.1 Å². The van der Waals surface area contributed by atoms with Crippen LogP contribution >= 0.6 is 15.9 Å². The molecule has 2 aromatic rings. The van der Waals surface area contributed by atoms with Gasteiger partial charge in [-0.3, -0.25) is 4.68 Å². The van der Waals surface area contributed by atoms with E-state index in [9.17, 15) is 0 Å². The van der Waals surface area contributed by atoms with Gasteiger partial charge in [0, 0.05) is 6.54 Å². The molecule has 0 fully saturated rings. The zero-order valence-corrected chi connectivity index (χ0v) is 13.9. The molecule has 1 aromatic heterocycles. The van der Waals surface area contributed by atoms with Crippen LogP contribution in [0.25, 0.3) is 0 Å². The number of likely N-dealkylation sites (N-methyl/N-ethyl adjacent to an activating group) is 1. The average molecular weight is 350 g/mol. The maximum atomic E-state index is 6.11. The third kappa shape index (κ3) is 2.65. The second kappa shape index (κ2) is 6.30. The summed E-state index contributed by atoms with van der Waals surface area (Å²) in [7, 11) is 1.98. The molecule has 0 spiro atoms. The van der Waals surface area contributed by atoms with Gasteiger partial charge in [-0.25, -0.2) is 0 Å². The standard InChI is InChI=1S/C16H20BrN3O/c1-3-20-15(13(17)10-19-20)14(18-2)16-12-7-5-4-6-11(12)8-9-21-16/h4-7,10,14,16,18H,3,8-9H2,1-2H3. The van der Waals surface area contributed by atoms with E-state index in [1.807, 2.05) is 17.9 Å². The predicted octanol–water partition coefficient (Wildman–Crippen LogP) is 3.24. The second-order valence-electron chi connectivity index (χ2n) is 5.20. The van der Waals surface area contributed by atoms with E-state index >= 15 is 0 Å². The largest absolute Gasteiger partial charge is 0.371 e. The van der Waals surface area contributed by atoms with Crippen LogP contribution in [0.2, 0.25) is 0 Å². The van der Waals surface area contributed by atoms with E-state index in [0.717, 1.165) is 29.7 Å². The third-order valence-electron chi connectivity index (χ3n) is 4.07. The number of aryl methyl sites for hydroxylation is 1. The minimum atomic E-state index is 0.0123. The summed E-state index contributed by atoms with van der Waals surface area (Å²) in [5, 5.41) is 7.84. The summed E-state index contributed by atoms with van der Waals surface area (Å²) < 4.78 is 9.15. The van der Waals surface area contributed by atoms with Crippen molar-refractivity contribution in [1.29, 1.82) is 0 Å². The molecule has 3 rings (SSSR count). The van der Waals surface area contributed by atoms with Gasteiger partial charge in [-0.05, 0) is 47.4 Å². The normalized spacial score (nSPS) is 19.3. The molecule has 1 N–H and O–H groups in total. The Kier molecular flexibility index (Phi) is 4.42. The summed E-state index contributed by atoms with van der Waals surface area (Å²) in [6, 6.07) is 8.62. The number of halogens is 1. The lowest BCUT2D eigenvalue weighted by molar-refractivity contribution is 0.0143. The van der Waals surface area contributed by atoms with Gasteiger partial charge in [0.25, 0.3) is 0 Å². The number of ether oxygens (including phenoxy) is 1. The van der Waals surface area contributed by atoms with Gasteiger partial charge in [-0.1, -0.05) is 24.3 Å². The smallest absolute Gasteiger partial charge is 0.104 e. The van der Waals surface area contributed by atoms with Crippen molar-refractivity contribution in [3.05, 3.63) is 51.8 Å². The number of nitrogens with one attached hydrogen (secondary N) is 1. The lowest BCUT2D eigenvalue weighted by atomic mass is 9.92. The highest BCUT2D eigenvalue weighted by molar-refractivity contribution is 9.10. The first-order valence-corrected chi connectivity index (χ1v) is 8.13. The Labute approximate surface area is 133 Å². The number of fused-ring (bicyclic) bond motifs is 1. The molecule has 0 aliphatic carbocycles. The van der Waals surface area contributed by atoms with E-state index in [2.05, 4.69) is 57.5 Å². The van der Waals surface area contributed by atoms with Crippen LogP contribution in [-0.2, 0) is 17.7 Å². The van der Waals surface area contributed by atoms with Crippen molar-refractivity contribution < 1.29 is 4.74 Å². The van der Waals surface area contributed by atoms with E-state index in [4.69, 9.17) is 4.74 Å². The molecule has 5 heteroatoms. The van der Waals surface area contributed by atoms with E-state index in [1.54, 1.807) is 0 Å². The zero-order valence-electron chi connectivity index (χ0n) is 12.3. The van der Waals surface area contributed by atoms with Crippen LogP contribution in [0.1, 0.15) is 35.9 Å². The van der Waals surface area contributed by atoms with Crippen LogP contribution in [-0.4, -0.2) is 23.4 Å². The van der Waals surface area contributed by atoms with Gasteiger partial charge in [-0.15, -0.1) is 0 Å². The van der Waals surface area contributed by atoms with Crippen LogP contribution in [0.4, 0.5) is 0 Å². The minimum absolute atomic E-state index is 0.0123. The molecule has 112 valence electrons. The Morgan fingerprint density at radius 3 is 3.05 bits per heavy atom. The first kappa shape index (κ1) is 14.8. The van der Waals surface area contributed by atoms with E-state index < -0.39 is 0 Å². The van der Waals surface area contributed by atoms with Crippen molar-refractivity contribution in [2.24, 2.45) is 0 Å². The number of hydrogen-bond donors (Lipinski definition) is 1. The van der Waals surface area contributed by atoms with Crippen molar-refractivity contribution in [2.45, 2.75) is 32.0 Å². The highest BCUT2D eigenvalue weighted by Gasteiger charge is 2.32. The first-order valence-electron chi connectivity index (χ1n) is 7.34. The highest BCUT2D eigenvalue weighted by atomic mass is 79.9. The summed E-state index contributed by atoms with van der Waals surface area (Å²) in [5.41, 5.74) is 3.80. The van der Waals surface area contributed by atoms with E-state index in [0.29, 0.717) is 0 Å². The molecule has 4 nitrogen and oxygen atoms in total. The number of benzene rings is 1. The molecule has 0 saturated carbocycles. The SMILES string of the molecule is CCn1ncc(Br)c1C(NC)C1OCCc2ccccc21. The zero-order chi connectivity index (χ0) is 14.8. The van der Waals surface area contributed by atoms with Gasteiger partial charge in [-0.2, -0.15) is 5.10 Å². The van der Waals surface area contributed by atoms with Crippen LogP contribution in [0.3, 0.4) is 0 Å². The topological polar surface area (TPSA) is 39.1 Å². The van der Waals surface area contributed by atoms with Crippen LogP contribution in [0.15, 0.2) is 34.9 Å². The molecule has 0 bridgehead atoms. The Balaban J connectivity index is 2.03. The summed E-state index contributed by atoms with van der Waals surface area (Å²) >= 11 is 3.63. The van der Waals surface area contributed by atoms with E-state index in [-0.39, 0.29) is 12.1 Å². The summed E-state index contributed by atoms with van der Waals surface area (Å²) in [5.74, 6) is 0. The molecule has 2 unspecified atom stereocenters. The van der Waals surface area contributed by atoms with Crippen molar-refractivity contribution in [3.8, 4) is 0 Å². The fraction of sp³-hybridized carbons (Fsp3) is 0.438. The van der Waals surface area contributed by atoms with Crippen molar-refractivity contribution in [2.75, 3.05) is 13.7 Å². The van der Waals surface area contributed by atoms with Gasteiger partial charge in [0.15, 0.2) is 0 Å². The molecule has 1 aromatic carbocycles. The summed E-state index contributed by atoms with van der Waals surface area (Å²) in [4.78, 5) is 0. The fourth-order valence-corrected chi connectivity index (χ4v) is 3.61. The molecule has 1 aliphatic rings. The van der Waals surface area contributed by atoms with Crippen LogP contribution in [0, 0.1) is 0 Å². The minimum Gasteiger partial charge on any atom is -0.371 e. The molecule has 2 heterocycles. The molecular formula is C16H20BrN3O. The van der Waals surface area contributed by atoms with Gasteiger partial charge < -0.3 is 10.1 Å². The Bertz CT molecular complexity index is 626. The molecule has 0 radical (unpaired) electrons. The Morgan fingerprint density at radius 2 is 2.29 bits per heavy atom. The number of hydrogen-bond acceptors (Lipinski definition) is 3. The molecule has 21 heavy (non-hydrogen) atoms. The van der Waals surface area contributed by atoms with E-state index in [1.165, 1.54) is 11.1 Å². The molecule has 2 atom stereocenters. The van der Waals surface area contributed by atoms with Crippen molar-refractivity contribution in [3.63, 3.8) is 0 Å². The van der Waals surface area contributed by atoms with Gasteiger partial charge in [0.05, 0.1) is 29.0 Å². The average Bonchev–Trinajstić information content (AvgIpc) is 2.90. The molecule has 0 saturated heterocycles. The van der Waals surface area contributed by atoms with Crippen LogP contribution in [0.5, 0.6) is 0 Å². The lowest BCUT2D eigenvalue weighted by Gasteiger charge is -2.33. The number of rotatable bonds is 4. The molecular weight excluding hydrogens is 330 g/mol. The van der Waals surface area contributed by atoms with Gasteiger partial charge >= 0.3 is 0 Å². The third-order valence-corrected chi connectivity index (χ3v) is 4.68. The first-order chi connectivity index (χ1) is 10.3. The second-order valence-corrected chi connectivity index (χ2v) is 6.05. The Morgan fingerprint density at radius 1 is 1.48 bits per heavy atom. The fourth-order valence-electron chi connectivity index (χ4n) is 3.07. The van der Waals surface area contributed by atoms with Gasteiger partial charge in [0.2, 0.25) is 0 Å². The summed E-state index contributed by atoms with van der Waals surface area (Å²) in [6.07, 6.45) is 2.85. The summed E-state index contributed by atoms with van der Waals surface area (Å²) in [6.45, 7) is 3.70. The van der Waals surface area contributed by atoms with Crippen LogP contribution < -0.4 is 5.32 Å². The van der Waals surface area contributed by atoms with Gasteiger partial charge in [0.1, 0.15) is 6.10 Å². The number of aromatic nitrogens is 2. The molecule has 1 aliphatic heterocycles. The van der Waals surface area contributed by atoms with Crippen molar-refractivity contribution >= 4 is 15.9 Å². The number of nitrogens with zero attached hydrogens (tertiary/aromatic N) is 2.